The molecule has 0 aromatic rings. The number of rotatable bonds is 3. The number of methoxy groups -OCH3 is 1. The van der Waals surface area contributed by atoms with Crippen LogP contribution in [0, 0.1) is 35.5 Å². The summed E-state index contributed by atoms with van der Waals surface area (Å²) in [5.41, 5.74) is 2.06. The van der Waals surface area contributed by atoms with Crippen molar-refractivity contribution in [3.8, 4) is 0 Å². The molecule has 3 aliphatic carbocycles. The molecule has 0 aromatic heterocycles. The SMILES string of the molecule is CO[C@H]1C[C@H]2C[C@H]1[C@@H]1C3=C(N[C@@H]21)[C@@]1(O)C[C@@H]2CN(CC3)[C@@H]1C[C@@H]2[C@@H](C)CO. The smallest absolute Gasteiger partial charge is 0.120 e. The van der Waals surface area contributed by atoms with E-state index in [4.69, 9.17) is 4.74 Å². The molecule has 6 bridgehead atoms. The zero-order valence-electron chi connectivity index (χ0n) is 16.6. The Labute approximate surface area is 162 Å². The molecule has 150 valence electrons. The molecule has 0 radical (unpaired) electrons. The van der Waals surface area contributed by atoms with Crippen LogP contribution < -0.4 is 5.32 Å². The predicted octanol–water partition coefficient (Wildman–Crippen LogP) is 1.36. The van der Waals surface area contributed by atoms with Gasteiger partial charge in [0, 0.05) is 50.5 Å². The summed E-state index contributed by atoms with van der Waals surface area (Å²) in [6.07, 6.45) is 5.90. The number of ether oxygens (including phenoxy) is 1. The molecular weight excluding hydrogens is 340 g/mol. The van der Waals surface area contributed by atoms with E-state index in [1.807, 2.05) is 7.11 Å². The first-order valence-corrected chi connectivity index (χ1v) is 11.1. The number of aliphatic hydroxyl groups excluding tert-OH is 1. The van der Waals surface area contributed by atoms with Gasteiger partial charge < -0.3 is 20.3 Å². The highest BCUT2D eigenvalue weighted by molar-refractivity contribution is 5.40. The minimum atomic E-state index is -0.702. The number of nitrogens with zero attached hydrogens (tertiary/aromatic N) is 1. The van der Waals surface area contributed by atoms with Crippen molar-refractivity contribution in [2.45, 2.75) is 62.8 Å². The van der Waals surface area contributed by atoms with Gasteiger partial charge in [-0.1, -0.05) is 6.92 Å². The van der Waals surface area contributed by atoms with Gasteiger partial charge in [-0.25, -0.2) is 0 Å². The molecule has 3 N–H and O–H groups in total. The van der Waals surface area contributed by atoms with Crippen molar-refractivity contribution in [1.82, 2.24) is 10.2 Å². The normalized spacial score (nSPS) is 55.9. The molecule has 3 saturated carbocycles. The molecule has 5 fully saturated rings. The lowest BCUT2D eigenvalue weighted by Crippen LogP contribution is -2.67. The highest BCUT2D eigenvalue weighted by Crippen LogP contribution is 2.60. The van der Waals surface area contributed by atoms with Crippen molar-refractivity contribution in [2.75, 3.05) is 26.8 Å². The molecule has 27 heavy (non-hydrogen) atoms. The minimum absolute atomic E-state index is 0.219. The molecule has 0 spiro atoms. The Bertz CT molecular complexity index is 680. The first-order valence-electron chi connectivity index (χ1n) is 11.1. The Morgan fingerprint density at radius 3 is 2.89 bits per heavy atom. The Morgan fingerprint density at radius 2 is 2.15 bits per heavy atom. The molecule has 5 heteroatoms. The van der Waals surface area contributed by atoms with E-state index >= 15 is 0 Å². The third kappa shape index (κ3) is 2.09. The molecule has 7 rings (SSSR count). The summed E-state index contributed by atoms with van der Waals surface area (Å²) >= 11 is 0. The Balaban J connectivity index is 1.36. The average molecular weight is 375 g/mol. The maximum atomic E-state index is 12.0. The van der Waals surface area contributed by atoms with Crippen LogP contribution in [0.2, 0.25) is 0 Å². The maximum absolute atomic E-state index is 12.0. The van der Waals surface area contributed by atoms with Gasteiger partial charge in [0.05, 0.1) is 6.10 Å². The Morgan fingerprint density at radius 1 is 1.30 bits per heavy atom. The van der Waals surface area contributed by atoms with Crippen LogP contribution in [0.15, 0.2) is 11.3 Å². The number of hydrogen-bond acceptors (Lipinski definition) is 5. The van der Waals surface area contributed by atoms with E-state index in [9.17, 15) is 10.2 Å². The summed E-state index contributed by atoms with van der Waals surface area (Å²) in [5, 5.41) is 25.6. The van der Waals surface area contributed by atoms with Gasteiger partial charge in [0.1, 0.15) is 5.60 Å². The summed E-state index contributed by atoms with van der Waals surface area (Å²) in [7, 11) is 1.87. The molecule has 1 unspecified atom stereocenters. The zero-order chi connectivity index (χ0) is 18.5. The molecule has 4 aliphatic heterocycles. The molecule has 0 amide bonds. The Kier molecular flexibility index (Phi) is 3.65. The fraction of sp³-hybridized carbons (Fsp3) is 0.909. The summed E-state index contributed by atoms with van der Waals surface area (Å²) < 4.78 is 5.83. The van der Waals surface area contributed by atoms with Gasteiger partial charge in [-0.15, -0.1) is 0 Å². The van der Waals surface area contributed by atoms with Crippen molar-refractivity contribution in [3.05, 3.63) is 11.3 Å². The maximum Gasteiger partial charge on any atom is 0.120 e. The van der Waals surface area contributed by atoms with E-state index < -0.39 is 5.60 Å². The van der Waals surface area contributed by atoms with Crippen LogP contribution in [0.3, 0.4) is 0 Å². The molecule has 0 aromatic carbocycles. The van der Waals surface area contributed by atoms with Crippen molar-refractivity contribution < 1.29 is 14.9 Å². The number of nitrogens with one attached hydrogen (secondary N) is 1. The van der Waals surface area contributed by atoms with Gasteiger partial charge in [0.2, 0.25) is 0 Å². The molecule has 11 atom stereocenters. The van der Waals surface area contributed by atoms with Gasteiger partial charge in [0.25, 0.3) is 0 Å². The van der Waals surface area contributed by atoms with Crippen molar-refractivity contribution in [2.24, 2.45) is 35.5 Å². The largest absolute Gasteiger partial charge is 0.396 e. The van der Waals surface area contributed by atoms with Crippen molar-refractivity contribution in [3.63, 3.8) is 0 Å². The van der Waals surface area contributed by atoms with E-state index in [1.165, 1.54) is 18.5 Å². The van der Waals surface area contributed by atoms with E-state index in [0.717, 1.165) is 32.4 Å². The monoisotopic (exact) mass is 374 g/mol. The van der Waals surface area contributed by atoms with Crippen LogP contribution in [0.25, 0.3) is 0 Å². The molecular formula is C22H34N2O3. The van der Waals surface area contributed by atoms with E-state index in [2.05, 4.69) is 17.1 Å². The van der Waals surface area contributed by atoms with Crippen LogP contribution in [0.4, 0.5) is 0 Å². The summed E-state index contributed by atoms with van der Waals surface area (Å²) in [4.78, 5) is 2.57. The van der Waals surface area contributed by atoms with Crippen LogP contribution in [0.5, 0.6) is 0 Å². The number of fused-ring (bicyclic) bond motifs is 7. The third-order valence-corrected chi connectivity index (χ3v) is 9.54. The van der Waals surface area contributed by atoms with Gasteiger partial charge in [-0.2, -0.15) is 0 Å². The van der Waals surface area contributed by atoms with Crippen LogP contribution in [0.1, 0.15) is 39.0 Å². The highest BCUT2D eigenvalue weighted by atomic mass is 16.5. The van der Waals surface area contributed by atoms with Gasteiger partial charge in [-0.05, 0) is 67.3 Å². The Hall–Kier alpha value is -0.620. The third-order valence-electron chi connectivity index (χ3n) is 9.54. The highest BCUT2D eigenvalue weighted by Gasteiger charge is 2.64. The van der Waals surface area contributed by atoms with E-state index in [-0.39, 0.29) is 12.6 Å². The van der Waals surface area contributed by atoms with Crippen LogP contribution in [-0.2, 0) is 4.74 Å². The lowest BCUT2D eigenvalue weighted by molar-refractivity contribution is -0.141. The average Bonchev–Trinajstić information content (AvgIpc) is 3.34. The van der Waals surface area contributed by atoms with Gasteiger partial charge >= 0.3 is 0 Å². The van der Waals surface area contributed by atoms with Crippen molar-refractivity contribution >= 4 is 0 Å². The second kappa shape index (κ2) is 5.71. The standard InChI is InChI=1S/C22H34N2O3/c1-11(10-25)15-7-18-22(26)8-13(15)9-24(18)4-3-14-19-16-5-12(6-17(16)27-2)20(19)23-21(14)22/h11-13,15-20,23,25-26H,3-10H2,1-2H3/t11-,12+,13+,15+,16+,17-,18+,19-,20-,22+/m0/s1. The van der Waals surface area contributed by atoms with Crippen LogP contribution >= 0.6 is 0 Å². The summed E-state index contributed by atoms with van der Waals surface area (Å²) in [6.45, 7) is 4.64. The lowest BCUT2D eigenvalue weighted by Gasteiger charge is -2.58. The lowest BCUT2D eigenvalue weighted by atomic mass is 9.60. The van der Waals surface area contributed by atoms with Gasteiger partial charge in [0.15, 0.2) is 0 Å². The fourth-order valence-electron chi connectivity index (χ4n) is 8.40. The molecule has 7 aliphatic rings. The quantitative estimate of drug-likeness (QED) is 0.696. The molecule has 2 saturated heterocycles. The molecule has 4 heterocycles. The van der Waals surface area contributed by atoms with Crippen molar-refractivity contribution in [1.29, 1.82) is 0 Å². The number of aliphatic hydroxyl groups is 2. The second-order valence-electron chi connectivity index (χ2n) is 10.5. The topological polar surface area (TPSA) is 65.0 Å². The van der Waals surface area contributed by atoms with E-state index in [1.54, 1.807) is 5.57 Å². The fourth-order valence-corrected chi connectivity index (χ4v) is 8.40. The second-order valence-corrected chi connectivity index (χ2v) is 10.5. The first kappa shape index (κ1) is 17.3. The predicted molar refractivity (Wildman–Crippen MR) is 102 cm³/mol. The zero-order valence-corrected chi connectivity index (χ0v) is 16.6. The minimum Gasteiger partial charge on any atom is -0.396 e. The van der Waals surface area contributed by atoms with Gasteiger partial charge in [-0.3, -0.25) is 4.90 Å². The van der Waals surface area contributed by atoms with E-state index in [0.29, 0.717) is 47.7 Å². The number of hydrogen-bond donors (Lipinski definition) is 3. The summed E-state index contributed by atoms with van der Waals surface area (Å²) in [6, 6.07) is 0.755. The molecule has 5 nitrogen and oxygen atoms in total. The summed E-state index contributed by atoms with van der Waals surface area (Å²) in [5.74, 6) is 3.32. The van der Waals surface area contributed by atoms with Crippen LogP contribution in [-0.4, -0.2) is 65.7 Å². The number of piperidine rings is 2. The first-order chi connectivity index (χ1) is 13.0.